The molecule has 0 nitrogen and oxygen atoms in total. The molecule has 0 saturated carbocycles. The molecule has 0 atom stereocenters. The normalized spacial score (nSPS) is 13.6. The Balaban J connectivity index is 2.21. The van der Waals surface area contributed by atoms with Gasteiger partial charge in [-0.1, -0.05) is 61.5 Å². The molecule has 2 radical (unpaired) electrons. The number of hydrogen-bond acceptors (Lipinski definition) is 0. The average molecular weight is 222 g/mol. The Kier molecular flexibility index (Phi) is 2.41. The van der Waals surface area contributed by atoms with Crippen LogP contribution in [0.4, 0.5) is 0 Å². The van der Waals surface area contributed by atoms with Crippen LogP contribution in [-0.4, -0.2) is 9.52 Å². The zero-order chi connectivity index (χ0) is 11.0. The van der Waals surface area contributed by atoms with E-state index in [1.807, 2.05) is 0 Å². The molecule has 2 aromatic rings. The minimum atomic E-state index is 0.650. The summed E-state index contributed by atoms with van der Waals surface area (Å²) < 4.78 is 0. The Morgan fingerprint density at radius 1 is 0.875 bits per heavy atom. The minimum Gasteiger partial charge on any atom is -0.0682 e. The summed E-state index contributed by atoms with van der Waals surface area (Å²) in [4.78, 5) is 0. The molecule has 1 aliphatic carbocycles. The van der Waals surface area contributed by atoms with E-state index in [4.69, 9.17) is 0 Å². The summed E-state index contributed by atoms with van der Waals surface area (Å²) in [5, 5.41) is 0. The van der Waals surface area contributed by atoms with Gasteiger partial charge in [-0.3, -0.25) is 0 Å². The highest BCUT2D eigenvalue weighted by atomic mass is 28.2. The standard InChI is InChI=1S/C15H14Si/c1-2-16-15-13-9-5-3-7-11(13)12-8-4-6-10-14(12)15/h3-10,15H,2H2,1H3. The number of rotatable bonds is 2. The van der Waals surface area contributed by atoms with E-state index in [2.05, 4.69) is 55.5 Å². The summed E-state index contributed by atoms with van der Waals surface area (Å²) >= 11 is 0. The van der Waals surface area contributed by atoms with Gasteiger partial charge in [-0.05, 0) is 22.3 Å². The summed E-state index contributed by atoms with van der Waals surface area (Å²) in [6.07, 6.45) is 0. The van der Waals surface area contributed by atoms with E-state index in [1.54, 1.807) is 0 Å². The maximum absolute atomic E-state index is 2.29. The molecule has 78 valence electrons. The van der Waals surface area contributed by atoms with Crippen LogP contribution in [0, 0.1) is 0 Å². The van der Waals surface area contributed by atoms with Gasteiger partial charge in [0.1, 0.15) is 0 Å². The van der Waals surface area contributed by atoms with Gasteiger partial charge in [0.05, 0.1) is 9.52 Å². The van der Waals surface area contributed by atoms with Gasteiger partial charge < -0.3 is 0 Å². The Hall–Kier alpha value is -1.34. The third-order valence-electron chi connectivity index (χ3n) is 3.24. The Labute approximate surface area is 99.2 Å². The molecule has 0 N–H and O–H groups in total. The van der Waals surface area contributed by atoms with Crippen LogP contribution in [0.3, 0.4) is 0 Å². The molecule has 0 saturated heterocycles. The fourth-order valence-electron chi connectivity index (χ4n) is 2.58. The molecule has 0 aliphatic heterocycles. The van der Waals surface area contributed by atoms with Crippen molar-refractivity contribution in [1.82, 2.24) is 0 Å². The van der Waals surface area contributed by atoms with Gasteiger partial charge in [0.15, 0.2) is 0 Å². The Morgan fingerprint density at radius 2 is 1.38 bits per heavy atom. The van der Waals surface area contributed by atoms with Crippen molar-refractivity contribution in [3.8, 4) is 11.1 Å². The van der Waals surface area contributed by atoms with Gasteiger partial charge in [-0.15, -0.1) is 0 Å². The van der Waals surface area contributed by atoms with Gasteiger partial charge in [0.2, 0.25) is 0 Å². The number of hydrogen-bond donors (Lipinski definition) is 0. The molecule has 0 unspecified atom stereocenters. The second-order valence-electron chi connectivity index (χ2n) is 4.17. The highest BCUT2D eigenvalue weighted by molar-refractivity contribution is 6.40. The van der Waals surface area contributed by atoms with E-state index in [-0.39, 0.29) is 0 Å². The lowest BCUT2D eigenvalue weighted by Crippen LogP contribution is -2.04. The third-order valence-corrected chi connectivity index (χ3v) is 4.68. The summed E-state index contributed by atoms with van der Waals surface area (Å²) in [6.45, 7) is 2.28. The maximum atomic E-state index is 2.29. The van der Waals surface area contributed by atoms with E-state index < -0.39 is 0 Å². The van der Waals surface area contributed by atoms with E-state index in [9.17, 15) is 0 Å². The predicted molar refractivity (Wildman–Crippen MR) is 70.0 cm³/mol. The summed E-state index contributed by atoms with van der Waals surface area (Å²) in [7, 11) is 1.00. The van der Waals surface area contributed by atoms with Crippen molar-refractivity contribution >= 4 is 9.52 Å². The first-order chi connectivity index (χ1) is 7.92. The molecule has 0 spiro atoms. The van der Waals surface area contributed by atoms with Crippen LogP contribution in [0.5, 0.6) is 0 Å². The van der Waals surface area contributed by atoms with Crippen LogP contribution in [0.25, 0.3) is 11.1 Å². The lowest BCUT2D eigenvalue weighted by molar-refractivity contribution is 1.16. The van der Waals surface area contributed by atoms with Crippen molar-refractivity contribution in [2.45, 2.75) is 18.5 Å². The third kappa shape index (κ3) is 1.35. The van der Waals surface area contributed by atoms with Gasteiger partial charge in [-0.2, -0.15) is 0 Å². The monoisotopic (exact) mass is 222 g/mol. The van der Waals surface area contributed by atoms with E-state index >= 15 is 0 Å². The molecule has 2 aromatic carbocycles. The lowest BCUT2D eigenvalue weighted by Gasteiger charge is -2.10. The highest BCUT2D eigenvalue weighted by Crippen LogP contribution is 2.43. The first kappa shape index (κ1) is 9.85. The van der Waals surface area contributed by atoms with E-state index in [0.717, 1.165) is 9.52 Å². The molecule has 3 rings (SSSR count). The zero-order valence-electron chi connectivity index (χ0n) is 9.40. The summed E-state index contributed by atoms with van der Waals surface area (Å²) in [5.41, 5.74) is 6.61. The molecule has 0 heterocycles. The van der Waals surface area contributed by atoms with Crippen LogP contribution < -0.4 is 0 Å². The molecule has 1 heteroatoms. The van der Waals surface area contributed by atoms with Crippen molar-refractivity contribution in [2.24, 2.45) is 0 Å². The summed E-state index contributed by atoms with van der Waals surface area (Å²) in [5.74, 6) is 0. The van der Waals surface area contributed by atoms with Crippen LogP contribution in [0.2, 0.25) is 6.04 Å². The summed E-state index contributed by atoms with van der Waals surface area (Å²) in [6, 6.07) is 19.0. The molecule has 0 fully saturated rings. The largest absolute Gasteiger partial charge is 0.0682 e. The van der Waals surface area contributed by atoms with Gasteiger partial charge >= 0.3 is 0 Å². The quantitative estimate of drug-likeness (QED) is 0.676. The van der Waals surface area contributed by atoms with Crippen LogP contribution in [-0.2, 0) is 0 Å². The topological polar surface area (TPSA) is 0 Å². The highest BCUT2D eigenvalue weighted by Gasteiger charge is 2.26. The molecular weight excluding hydrogens is 208 g/mol. The van der Waals surface area contributed by atoms with Crippen molar-refractivity contribution in [1.29, 1.82) is 0 Å². The molecule has 16 heavy (non-hydrogen) atoms. The van der Waals surface area contributed by atoms with Crippen molar-refractivity contribution in [2.75, 3.05) is 0 Å². The second-order valence-corrected chi connectivity index (χ2v) is 5.86. The molecular formula is C15H14Si. The van der Waals surface area contributed by atoms with Crippen LogP contribution >= 0.6 is 0 Å². The Morgan fingerprint density at radius 3 is 1.88 bits per heavy atom. The Bertz CT molecular complexity index is 471. The van der Waals surface area contributed by atoms with Crippen LogP contribution in [0.1, 0.15) is 23.6 Å². The zero-order valence-corrected chi connectivity index (χ0v) is 10.4. The van der Waals surface area contributed by atoms with Crippen LogP contribution in [0.15, 0.2) is 48.5 Å². The average Bonchev–Trinajstić information content (AvgIpc) is 2.66. The lowest BCUT2D eigenvalue weighted by atomic mass is 10.1. The van der Waals surface area contributed by atoms with Gasteiger partial charge in [0.25, 0.3) is 0 Å². The second kappa shape index (κ2) is 3.91. The molecule has 0 aromatic heterocycles. The van der Waals surface area contributed by atoms with Gasteiger partial charge in [-0.25, -0.2) is 0 Å². The SMILES string of the molecule is CC[Si]C1c2ccccc2-c2ccccc21. The first-order valence-corrected chi connectivity index (χ1v) is 7.12. The van der Waals surface area contributed by atoms with Crippen molar-refractivity contribution in [3.63, 3.8) is 0 Å². The van der Waals surface area contributed by atoms with E-state index in [1.165, 1.54) is 28.3 Å². The predicted octanol–water partition coefficient (Wildman–Crippen LogP) is 3.90. The minimum absolute atomic E-state index is 0.650. The van der Waals surface area contributed by atoms with Gasteiger partial charge in [0, 0.05) is 5.54 Å². The fourth-order valence-corrected chi connectivity index (χ4v) is 3.93. The molecule has 1 aliphatic rings. The fraction of sp³-hybridized carbons (Fsp3) is 0.200. The number of fused-ring (bicyclic) bond motifs is 3. The first-order valence-electron chi connectivity index (χ1n) is 5.83. The molecule has 0 amide bonds. The smallest absolute Gasteiger partial charge is 0.0532 e. The van der Waals surface area contributed by atoms with E-state index in [0.29, 0.717) is 5.54 Å². The molecule has 0 bridgehead atoms. The van der Waals surface area contributed by atoms with Crippen molar-refractivity contribution in [3.05, 3.63) is 59.7 Å². The maximum Gasteiger partial charge on any atom is 0.0532 e. The van der Waals surface area contributed by atoms with Crippen molar-refractivity contribution < 1.29 is 0 Å². The number of benzene rings is 2.